The summed E-state index contributed by atoms with van der Waals surface area (Å²) in [5, 5.41) is 15.6. The molecule has 0 unspecified atom stereocenters. The van der Waals surface area contributed by atoms with E-state index in [0.717, 1.165) is 5.56 Å². The summed E-state index contributed by atoms with van der Waals surface area (Å²) in [5.41, 5.74) is 1.39. The highest BCUT2D eigenvalue weighted by atomic mass is 16.3. The highest BCUT2D eigenvalue weighted by molar-refractivity contribution is 6.04. The van der Waals surface area contributed by atoms with Crippen molar-refractivity contribution in [2.75, 3.05) is 5.32 Å². The van der Waals surface area contributed by atoms with Crippen molar-refractivity contribution in [2.45, 2.75) is 6.54 Å². The maximum Gasteiger partial charge on any atom is 0.300 e. The number of nitrogens with one attached hydrogen (secondary N) is 1. The van der Waals surface area contributed by atoms with Crippen LogP contribution in [0.15, 0.2) is 67.5 Å². The fraction of sp³-hybridized carbons (Fsp3) is 0.0556. The largest absolute Gasteiger partial charge is 0.839 e. The molecule has 0 aliphatic rings. The zero-order chi connectivity index (χ0) is 17.9. The van der Waals surface area contributed by atoms with Crippen molar-refractivity contribution in [3.8, 4) is 5.88 Å². The molecule has 0 fully saturated rings. The number of hydrogen-bond donors (Lipinski definition) is 1. The van der Waals surface area contributed by atoms with Gasteiger partial charge < -0.3 is 10.4 Å². The minimum Gasteiger partial charge on any atom is -0.839 e. The highest BCUT2D eigenvalue weighted by Crippen LogP contribution is 2.17. The second-order valence-corrected chi connectivity index (χ2v) is 5.58. The fourth-order valence-corrected chi connectivity index (χ4v) is 2.74. The molecule has 4 heterocycles. The van der Waals surface area contributed by atoms with Crippen molar-refractivity contribution in [3.63, 3.8) is 0 Å². The van der Waals surface area contributed by atoms with Crippen LogP contribution in [0.1, 0.15) is 16.1 Å². The number of aromatic nitrogens is 5. The molecular weight excluding hydrogens is 332 g/mol. The van der Waals surface area contributed by atoms with Gasteiger partial charge in [-0.2, -0.15) is 4.40 Å². The molecule has 1 N–H and O–H groups in total. The summed E-state index contributed by atoms with van der Waals surface area (Å²) in [5.74, 6) is -0.530. The van der Waals surface area contributed by atoms with Crippen molar-refractivity contribution in [2.24, 2.45) is 0 Å². The van der Waals surface area contributed by atoms with Gasteiger partial charge in [0.15, 0.2) is 0 Å². The molecule has 0 aromatic carbocycles. The molecule has 0 aliphatic heterocycles. The molecule has 128 valence electrons. The molecule has 0 atom stereocenters. The standard InChI is InChI=1S/C18H14N6O2/c25-17(22-14-5-1-3-7-21-14)16-18(26)24(11-13-9-19-12-20-10-13)15-6-2-4-8-23(15)16/h1-10,12H,11H2,(H-,21,22,25,26). The lowest BCUT2D eigenvalue weighted by atomic mass is 10.3. The number of hydrogen-bond acceptors (Lipinski definition) is 5. The molecule has 8 nitrogen and oxygen atoms in total. The average Bonchev–Trinajstić information content (AvgIpc) is 2.95. The lowest BCUT2D eigenvalue weighted by Gasteiger charge is -2.07. The summed E-state index contributed by atoms with van der Waals surface area (Å²) in [6.07, 6.45) is 7.95. The Bertz CT molecular complexity index is 1060. The van der Waals surface area contributed by atoms with Gasteiger partial charge in [-0.15, -0.1) is 0 Å². The van der Waals surface area contributed by atoms with Crippen molar-refractivity contribution in [3.05, 3.63) is 78.8 Å². The smallest absolute Gasteiger partial charge is 0.300 e. The van der Waals surface area contributed by atoms with Gasteiger partial charge in [0.1, 0.15) is 24.6 Å². The third-order valence-corrected chi connectivity index (χ3v) is 3.88. The number of anilines is 1. The Morgan fingerprint density at radius 2 is 1.96 bits per heavy atom. The van der Waals surface area contributed by atoms with Crippen LogP contribution in [0.4, 0.5) is 5.82 Å². The zero-order valence-corrected chi connectivity index (χ0v) is 13.6. The minimum atomic E-state index is -0.516. The molecule has 0 saturated carbocycles. The van der Waals surface area contributed by atoms with E-state index >= 15 is 0 Å². The molecule has 26 heavy (non-hydrogen) atoms. The molecule has 4 aromatic heterocycles. The van der Waals surface area contributed by atoms with Gasteiger partial charge in [-0.3, -0.25) is 4.79 Å². The first-order valence-corrected chi connectivity index (χ1v) is 7.90. The number of carbonyl (C=O) groups excluding carboxylic acids is 1. The molecule has 1 amide bonds. The molecule has 0 saturated heterocycles. The van der Waals surface area contributed by atoms with Crippen LogP contribution in [0.25, 0.3) is 5.65 Å². The number of pyridine rings is 2. The number of imidazole rings is 1. The first-order chi connectivity index (χ1) is 12.7. The van der Waals surface area contributed by atoms with Gasteiger partial charge in [0.2, 0.25) is 5.69 Å². The van der Waals surface area contributed by atoms with E-state index < -0.39 is 11.8 Å². The van der Waals surface area contributed by atoms with Crippen molar-refractivity contribution in [1.82, 2.24) is 19.4 Å². The lowest BCUT2D eigenvalue weighted by Crippen LogP contribution is -2.37. The van der Waals surface area contributed by atoms with E-state index in [-0.39, 0.29) is 12.2 Å². The van der Waals surface area contributed by atoms with E-state index in [1.165, 1.54) is 10.9 Å². The Labute approximate surface area is 148 Å². The molecular formula is C18H14N6O2. The first-order valence-electron chi connectivity index (χ1n) is 7.90. The number of nitrogens with zero attached hydrogens (tertiary/aromatic N) is 5. The van der Waals surface area contributed by atoms with Crippen LogP contribution in [0.3, 0.4) is 0 Å². The number of amides is 1. The molecule has 0 bridgehead atoms. The lowest BCUT2D eigenvalue weighted by molar-refractivity contribution is -0.704. The summed E-state index contributed by atoms with van der Waals surface area (Å²) < 4.78 is 3.09. The predicted molar refractivity (Wildman–Crippen MR) is 90.4 cm³/mol. The van der Waals surface area contributed by atoms with E-state index in [0.29, 0.717) is 11.5 Å². The normalized spacial score (nSPS) is 10.8. The van der Waals surface area contributed by atoms with Gasteiger partial charge in [0.25, 0.3) is 11.6 Å². The summed E-state index contributed by atoms with van der Waals surface area (Å²) in [4.78, 5) is 24.7. The van der Waals surface area contributed by atoms with Gasteiger partial charge >= 0.3 is 0 Å². The van der Waals surface area contributed by atoms with Crippen LogP contribution in [0.5, 0.6) is 5.88 Å². The fourth-order valence-electron chi connectivity index (χ4n) is 2.74. The van der Waals surface area contributed by atoms with Crippen LogP contribution in [0, 0.1) is 0 Å². The van der Waals surface area contributed by atoms with E-state index in [1.807, 2.05) is 6.07 Å². The second kappa shape index (κ2) is 6.60. The summed E-state index contributed by atoms with van der Waals surface area (Å²) in [6.45, 7) is 0.268. The Morgan fingerprint density at radius 3 is 2.73 bits per heavy atom. The van der Waals surface area contributed by atoms with Gasteiger partial charge in [0, 0.05) is 30.2 Å². The number of fused-ring (bicyclic) bond motifs is 1. The van der Waals surface area contributed by atoms with Gasteiger partial charge in [0.05, 0.1) is 6.20 Å². The van der Waals surface area contributed by atoms with Crippen LogP contribution < -0.4 is 15.0 Å². The molecule has 0 spiro atoms. The van der Waals surface area contributed by atoms with Gasteiger partial charge in [-0.1, -0.05) is 12.1 Å². The zero-order valence-electron chi connectivity index (χ0n) is 13.6. The SMILES string of the molecule is O=C(Nc1ccccn1)c1c([O-])[n+](Cc2cncnc2)c2ccccn12. The molecule has 8 heteroatoms. The van der Waals surface area contributed by atoms with Crippen LogP contribution >= 0.6 is 0 Å². The second-order valence-electron chi connectivity index (χ2n) is 5.58. The van der Waals surface area contributed by atoms with E-state index in [1.54, 1.807) is 59.5 Å². The van der Waals surface area contributed by atoms with E-state index in [2.05, 4.69) is 20.3 Å². The van der Waals surface area contributed by atoms with Crippen LogP contribution in [0.2, 0.25) is 0 Å². The van der Waals surface area contributed by atoms with E-state index in [9.17, 15) is 9.90 Å². The Balaban J connectivity index is 1.78. The first kappa shape index (κ1) is 15.7. The van der Waals surface area contributed by atoms with Gasteiger partial charge in [-0.25, -0.2) is 19.5 Å². The third kappa shape index (κ3) is 2.84. The maximum atomic E-state index is 12.9. The Hall–Kier alpha value is -3.81. The third-order valence-electron chi connectivity index (χ3n) is 3.88. The summed E-state index contributed by atoms with van der Waals surface area (Å²) in [6, 6.07) is 10.5. The van der Waals surface area contributed by atoms with Gasteiger partial charge in [-0.05, 0) is 18.2 Å². The van der Waals surface area contributed by atoms with Crippen molar-refractivity contribution in [1.29, 1.82) is 0 Å². The van der Waals surface area contributed by atoms with Crippen molar-refractivity contribution >= 4 is 17.4 Å². The molecule has 0 radical (unpaired) electrons. The Morgan fingerprint density at radius 1 is 1.15 bits per heavy atom. The average molecular weight is 346 g/mol. The van der Waals surface area contributed by atoms with E-state index in [4.69, 9.17) is 0 Å². The monoisotopic (exact) mass is 346 g/mol. The number of rotatable bonds is 4. The minimum absolute atomic E-state index is 0.0168. The summed E-state index contributed by atoms with van der Waals surface area (Å²) >= 11 is 0. The summed E-state index contributed by atoms with van der Waals surface area (Å²) in [7, 11) is 0. The number of carbonyl (C=O) groups is 1. The Kier molecular flexibility index (Phi) is 3.98. The van der Waals surface area contributed by atoms with Crippen LogP contribution in [-0.2, 0) is 6.54 Å². The predicted octanol–water partition coefficient (Wildman–Crippen LogP) is 0.786. The van der Waals surface area contributed by atoms with Crippen molar-refractivity contribution < 1.29 is 14.5 Å². The van der Waals surface area contributed by atoms with Crippen LogP contribution in [-0.4, -0.2) is 25.3 Å². The molecule has 4 aromatic rings. The molecule has 4 rings (SSSR count). The highest BCUT2D eigenvalue weighted by Gasteiger charge is 2.25. The molecule has 0 aliphatic carbocycles. The maximum absolute atomic E-state index is 12.9. The topological polar surface area (TPSA) is 99.1 Å². The quantitative estimate of drug-likeness (QED) is 0.551.